The molecule has 0 heterocycles. The van der Waals surface area contributed by atoms with Gasteiger partial charge in [0.15, 0.2) is 0 Å². The van der Waals surface area contributed by atoms with E-state index in [0.717, 1.165) is 58.7 Å². The lowest BCUT2D eigenvalue weighted by Crippen LogP contribution is -2.55. The van der Waals surface area contributed by atoms with Gasteiger partial charge in [0.05, 0.1) is 15.6 Å². The lowest BCUT2D eigenvalue weighted by molar-refractivity contribution is -0.140. The summed E-state index contributed by atoms with van der Waals surface area (Å²) in [7, 11) is -4.23. The maximum Gasteiger partial charge on any atom is 0.264 e. The lowest BCUT2D eigenvalue weighted by atomic mass is 9.94. The number of nitrogens with one attached hydrogen (secondary N) is 1. The largest absolute Gasteiger partial charge is 0.352 e. The first-order chi connectivity index (χ1) is 22.6. The van der Waals surface area contributed by atoms with Gasteiger partial charge in [-0.3, -0.25) is 13.9 Å². The molecule has 0 saturated heterocycles. The Morgan fingerprint density at radius 3 is 2.15 bits per heavy atom. The third kappa shape index (κ3) is 8.62. The molecule has 9 heteroatoms. The van der Waals surface area contributed by atoms with Crippen molar-refractivity contribution in [3.63, 3.8) is 0 Å². The Labute approximate surface area is 283 Å². The van der Waals surface area contributed by atoms with Gasteiger partial charge in [0.1, 0.15) is 12.6 Å². The quantitative estimate of drug-likeness (QED) is 0.172. The van der Waals surface area contributed by atoms with Crippen molar-refractivity contribution in [1.29, 1.82) is 0 Å². The number of benzene rings is 4. The molecule has 1 fully saturated rings. The normalized spacial score (nSPS) is 14.3. The van der Waals surface area contributed by atoms with Crippen LogP contribution >= 0.6 is 11.6 Å². The van der Waals surface area contributed by atoms with Crippen molar-refractivity contribution in [3.05, 3.63) is 130 Å². The first-order valence-corrected chi connectivity index (χ1v) is 18.0. The van der Waals surface area contributed by atoms with Crippen LogP contribution in [-0.4, -0.2) is 43.8 Å². The fraction of sp³-hybridized carbons (Fsp3) is 0.316. The molecular formula is C38H42ClN3O4S. The molecule has 2 amide bonds. The molecule has 7 nitrogen and oxygen atoms in total. The minimum absolute atomic E-state index is 0.0338. The number of sulfonamides is 1. The maximum absolute atomic E-state index is 14.7. The van der Waals surface area contributed by atoms with Gasteiger partial charge in [-0.15, -0.1) is 0 Å². The first-order valence-electron chi connectivity index (χ1n) is 16.2. The van der Waals surface area contributed by atoms with Crippen molar-refractivity contribution in [2.45, 2.75) is 75.9 Å². The minimum atomic E-state index is -4.23. The summed E-state index contributed by atoms with van der Waals surface area (Å²) in [5, 5.41) is 3.44. The van der Waals surface area contributed by atoms with E-state index < -0.39 is 28.5 Å². The molecule has 1 aliphatic rings. The number of nitrogens with zero attached hydrogens (tertiary/aromatic N) is 2. The van der Waals surface area contributed by atoms with Crippen LogP contribution in [0, 0.1) is 13.8 Å². The second-order valence-corrected chi connectivity index (χ2v) is 14.5. The Morgan fingerprint density at radius 1 is 0.830 bits per heavy atom. The van der Waals surface area contributed by atoms with Crippen molar-refractivity contribution in [3.8, 4) is 0 Å². The van der Waals surface area contributed by atoms with Crippen LogP contribution in [0.25, 0.3) is 0 Å². The molecule has 4 aromatic rings. The predicted molar refractivity (Wildman–Crippen MR) is 188 cm³/mol. The average molecular weight is 672 g/mol. The van der Waals surface area contributed by atoms with E-state index in [1.165, 1.54) is 12.1 Å². The highest BCUT2D eigenvalue weighted by atomic mass is 35.5. The maximum atomic E-state index is 14.7. The second-order valence-electron chi connectivity index (χ2n) is 12.3. The highest BCUT2D eigenvalue weighted by Crippen LogP contribution is 2.31. The van der Waals surface area contributed by atoms with Crippen LogP contribution in [0.15, 0.2) is 108 Å². The molecule has 0 bridgehead atoms. The van der Waals surface area contributed by atoms with Crippen LogP contribution in [0.5, 0.6) is 0 Å². The number of halogens is 1. The van der Waals surface area contributed by atoms with Crippen molar-refractivity contribution in [2.24, 2.45) is 0 Å². The number of amides is 2. The van der Waals surface area contributed by atoms with Crippen LogP contribution in [0.4, 0.5) is 5.69 Å². The summed E-state index contributed by atoms with van der Waals surface area (Å²) in [6, 6.07) is 29.5. The van der Waals surface area contributed by atoms with Gasteiger partial charge in [-0.25, -0.2) is 8.42 Å². The Hall–Kier alpha value is -4.14. The summed E-state index contributed by atoms with van der Waals surface area (Å²) in [5.41, 5.74) is 3.82. The van der Waals surface area contributed by atoms with Crippen molar-refractivity contribution in [2.75, 3.05) is 10.8 Å². The number of para-hydroxylation sites is 1. The predicted octanol–water partition coefficient (Wildman–Crippen LogP) is 7.24. The van der Waals surface area contributed by atoms with E-state index in [2.05, 4.69) is 5.32 Å². The van der Waals surface area contributed by atoms with Gasteiger partial charge in [0.25, 0.3) is 10.0 Å². The van der Waals surface area contributed by atoms with E-state index in [0.29, 0.717) is 0 Å². The fourth-order valence-electron chi connectivity index (χ4n) is 6.07. The third-order valence-corrected chi connectivity index (χ3v) is 10.9. The summed E-state index contributed by atoms with van der Waals surface area (Å²) in [5.74, 6) is -0.753. The van der Waals surface area contributed by atoms with Gasteiger partial charge in [0, 0.05) is 19.0 Å². The first kappa shape index (κ1) is 34.2. The van der Waals surface area contributed by atoms with E-state index in [4.69, 9.17) is 11.6 Å². The van der Waals surface area contributed by atoms with E-state index in [1.807, 2.05) is 68.4 Å². The van der Waals surface area contributed by atoms with E-state index in [-0.39, 0.29) is 40.5 Å². The van der Waals surface area contributed by atoms with Crippen molar-refractivity contribution in [1.82, 2.24) is 10.2 Å². The Kier molecular flexibility index (Phi) is 11.4. The molecule has 1 N–H and O–H groups in total. The highest BCUT2D eigenvalue weighted by molar-refractivity contribution is 7.92. The molecule has 1 aliphatic carbocycles. The summed E-state index contributed by atoms with van der Waals surface area (Å²) < 4.78 is 29.5. The molecule has 1 saturated carbocycles. The molecule has 0 spiro atoms. The van der Waals surface area contributed by atoms with Gasteiger partial charge in [-0.2, -0.15) is 0 Å². The van der Waals surface area contributed by atoms with Gasteiger partial charge in [-0.1, -0.05) is 115 Å². The van der Waals surface area contributed by atoms with Gasteiger partial charge in [-0.05, 0) is 67.6 Å². The molecule has 4 aromatic carbocycles. The SMILES string of the molecule is Cc1ccc(S(=O)(=O)N(CC(=O)N(Cc2ccccc2C)[C@@H](Cc2ccccc2)C(=O)NC2CCCCC2)c2ccccc2Cl)cc1. The zero-order valence-electron chi connectivity index (χ0n) is 26.9. The zero-order valence-corrected chi connectivity index (χ0v) is 28.5. The molecule has 0 aromatic heterocycles. The molecule has 1 atom stereocenters. The van der Waals surface area contributed by atoms with E-state index in [1.54, 1.807) is 41.3 Å². The molecule has 0 radical (unpaired) electrons. The smallest absolute Gasteiger partial charge is 0.264 e. The molecule has 47 heavy (non-hydrogen) atoms. The summed E-state index contributed by atoms with van der Waals surface area (Å²) >= 11 is 6.58. The van der Waals surface area contributed by atoms with Crippen LogP contribution in [0.1, 0.15) is 54.4 Å². The standard InChI is InChI=1S/C38H42ClN3O4S/c1-28-21-23-33(24-22-28)47(45,46)42(35-20-12-11-19-34(35)39)27-37(43)41(26-31-16-10-9-13-29(31)2)36(25-30-14-5-3-6-15-30)38(44)40-32-17-7-4-8-18-32/h3,5-6,9-16,19-24,32,36H,4,7-8,17-18,25-27H2,1-2H3,(H,40,44)/t36-/m0/s1. The van der Waals surface area contributed by atoms with Gasteiger partial charge in [0.2, 0.25) is 11.8 Å². The third-order valence-electron chi connectivity index (χ3n) is 8.83. The van der Waals surface area contributed by atoms with Crippen LogP contribution in [0.2, 0.25) is 5.02 Å². The van der Waals surface area contributed by atoms with Gasteiger partial charge >= 0.3 is 0 Å². The number of hydrogen-bond donors (Lipinski definition) is 1. The number of hydrogen-bond acceptors (Lipinski definition) is 4. The molecule has 5 rings (SSSR count). The molecular weight excluding hydrogens is 630 g/mol. The zero-order chi connectivity index (χ0) is 33.4. The van der Waals surface area contributed by atoms with Crippen molar-refractivity contribution < 1.29 is 18.0 Å². The molecule has 246 valence electrons. The number of carbonyl (C=O) groups is 2. The summed E-state index contributed by atoms with van der Waals surface area (Å²) in [4.78, 5) is 30.5. The number of aryl methyl sites for hydroxylation is 2. The molecule has 0 unspecified atom stereocenters. The monoisotopic (exact) mass is 671 g/mol. The Morgan fingerprint density at radius 2 is 1.47 bits per heavy atom. The van der Waals surface area contributed by atoms with Crippen molar-refractivity contribution >= 4 is 39.1 Å². The number of anilines is 1. The van der Waals surface area contributed by atoms with Crippen LogP contribution < -0.4 is 9.62 Å². The molecule has 0 aliphatic heterocycles. The number of carbonyl (C=O) groups excluding carboxylic acids is 2. The minimum Gasteiger partial charge on any atom is -0.352 e. The average Bonchev–Trinajstić information content (AvgIpc) is 3.07. The summed E-state index contributed by atoms with van der Waals surface area (Å²) in [6.45, 7) is 3.42. The second kappa shape index (κ2) is 15.6. The van der Waals surface area contributed by atoms with Gasteiger partial charge < -0.3 is 10.2 Å². The Balaban J connectivity index is 1.58. The highest BCUT2D eigenvalue weighted by Gasteiger charge is 2.36. The Bertz CT molecular complexity index is 1770. The van der Waals surface area contributed by atoms with Crippen LogP contribution in [0.3, 0.4) is 0 Å². The summed E-state index contributed by atoms with van der Waals surface area (Å²) in [6.07, 6.45) is 5.29. The van der Waals surface area contributed by atoms with E-state index in [9.17, 15) is 18.0 Å². The fourth-order valence-corrected chi connectivity index (χ4v) is 7.79. The van der Waals surface area contributed by atoms with Crippen LogP contribution in [-0.2, 0) is 32.6 Å². The lowest BCUT2D eigenvalue weighted by Gasteiger charge is -2.35. The van der Waals surface area contributed by atoms with E-state index >= 15 is 0 Å². The number of rotatable bonds is 12. The topological polar surface area (TPSA) is 86.8 Å².